The summed E-state index contributed by atoms with van der Waals surface area (Å²) in [5.41, 5.74) is 4.21. The van der Waals surface area contributed by atoms with Crippen molar-refractivity contribution in [1.29, 1.82) is 0 Å². The fourth-order valence-electron chi connectivity index (χ4n) is 4.43. The molecule has 2 atom stereocenters. The Morgan fingerprint density at radius 3 is 2.69 bits per heavy atom. The minimum atomic E-state index is -0.230. The number of hydrogen-bond acceptors (Lipinski definition) is 5. The first kappa shape index (κ1) is 22.5. The Kier molecular flexibility index (Phi) is 6.15. The highest BCUT2D eigenvalue weighted by atomic mass is 32.1. The van der Waals surface area contributed by atoms with Gasteiger partial charge in [0, 0.05) is 36.9 Å². The second-order valence-electron chi connectivity index (χ2n) is 8.08. The van der Waals surface area contributed by atoms with Gasteiger partial charge in [-0.1, -0.05) is 6.07 Å². The summed E-state index contributed by atoms with van der Waals surface area (Å²) in [6.07, 6.45) is 7.37. The molecule has 0 spiro atoms. The number of thiocarbonyl (C=S) groups is 1. The Bertz CT molecular complexity index is 1360. The highest BCUT2D eigenvalue weighted by molar-refractivity contribution is 7.80. The van der Waals surface area contributed by atoms with E-state index >= 15 is 0 Å². The Morgan fingerprint density at radius 2 is 1.97 bits per heavy atom. The van der Waals surface area contributed by atoms with E-state index in [2.05, 4.69) is 36.1 Å². The molecule has 8 nitrogen and oxygen atoms in total. The van der Waals surface area contributed by atoms with Crippen molar-refractivity contribution in [3.63, 3.8) is 0 Å². The number of nitrogens with zero attached hydrogens (tertiary/aromatic N) is 4. The van der Waals surface area contributed by atoms with E-state index in [1.807, 2.05) is 67.0 Å². The maximum absolute atomic E-state index is 11.8. The fourth-order valence-corrected chi connectivity index (χ4v) is 4.78. The van der Waals surface area contributed by atoms with E-state index in [4.69, 9.17) is 17.0 Å². The lowest BCUT2D eigenvalue weighted by Crippen LogP contribution is -2.30. The molecule has 0 unspecified atom stereocenters. The number of aromatic nitrogens is 3. The lowest BCUT2D eigenvalue weighted by molar-refractivity contribution is -0.114. The number of methoxy groups -OCH3 is 1. The van der Waals surface area contributed by atoms with Gasteiger partial charge in [-0.15, -0.1) is 0 Å². The SMILES string of the molecule is COc1ccc(N2C(=S)N[C@H](c3ccccn3)[C@@H]2c2cccn2-c2cccnc2)cc1NC(C)=O. The molecule has 1 fully saturated rings. The molecule has 9 heteroatoms. The van der Waals surface area contributed by atoms with Crippen molar-refractivity contribution < 1.29 is 9.53 Å². The summed E-state index contributed by atoms with van der Waals surface area (Å²) in [6, 6.07) is 19.1. The second kappa shape index (κ2) is 9.55. The monoisotopic (exact) mass is 484 g/mol. The lowest BCUT2D eigenvalue weighted by Gasteiger charge is -2.29. The zero-order valence-electron chi connectivity index (χ0n) is 19.3. The Morgan fingerprint density at radius 1 is 1.09 bits per heavy atom. The highest BCUT2D eigenvalue weighted by Gasteiger charge is 2.42. The van der Waals surface area contributed by atoms with Crippen LogP contribution in [0.3, 0.4) is 0 Å². The molecular weight excluding hydrogens is 460 g/mol. The quantitative estimate of drug-likeness (QED) is 0.392. The summed E-state index contributed by atoms with van der Waals surface area (Å²) in [4.78, 5) is 22.8. The highest BCUT2D eigenvalue weighted by Crippen LogP contribution is 2.43. The predicted octanol–water partition coefficient (Wildman–Crippen LogP) is 4.41. The molecule has 1 aliphatic rings. The number of amides is 1. The second-order valence-corrected chi connectivity index (χ2v) is 8.46. The molecule has 1 aliphatic heterocycles. The third-order valence-corrected chi connectivity index (χ3v) is 6.19. The van der Waals surface area contributed by atoms with Crippen LogP contribution in [-0.4, -0.2) is 32.7 Å². The molecule has 2 N–H and O–H groups in total. The van der Waals surface area contributed by atoms with Crippen molar-refractivity contribution in [2.45, 2.75) is 19.0 Å². The maximum Gasteiger partial charge on any atom is 0.221 e. The van der Waals surface area contributed by atoms with Gasteiger partial charge in [0.1, 0.15) is 11.8 Å². The molecule has 176 valence electrons. The van der Waals surface area contributed by atoms with Gasteiger partial charge >= 0.3 is 0 Å². The van der Waals surface area contributed by atoms with E-state index < -0.39 is 0 Å². The minimum absolute atomic E-state index is 0.184. The van der Waals surface area contributed by atoms with E-state index in [9.17, 15) is 4.79 Å². The van der Waals surface area contributed by atoms with Gasteiger partial charge in [-0.05, 0) is 66.8 Å². The Labute approximate surface area is 208 Å². The van der Waals surface area contributed by atoms with Gasteiger partial charge in [-0.2, -0.15) is 0 Å². The average molecular weight is 485 g/mol. The van der Waals surface area contributed by atoms with E-state index in [1.54, 1.807) is 19.5 Å². The molecule has 3 aromatic heterocycles. The summed E-state index contributed by atoms with van der Waals surface area (Å²) in [7, 11) is 1.57. The van der Waals surface area contributed by atoms with Crippen LogP contribution in [0.4, 0.5) is 11.4 Å². The molecule has 4 heterocycles. The van der Waals surface area contributed by atoms with Gasteiger partial charge in [-0.3, -0.25) is 14.8 Å². The Balaban J connectivity index is 1.66. The minimum Gasteiger partial charge on any atom is -0.495 e. The number of ether oxygens (including phenoxy) is 1. The average Bonchev–Trinajstić information content (AvgIpc) is 3.49. The number of benzene rings is 1. The van der Waals surface area contributed by atoms with Crippen LogP contribution in [0.2, 0.25) is 0 Å². The van der Waals surface area contributed by atoms with Crippen LogP contribution in [0.5, 0.6) is 5.75 Å². The molecule has 0 saturated carbocycles. The van der Waals surface area contributed by atoms with Gasteiger partial charge < -0.3 is 24.8 Å². The Hall–Kier alpha value is -4.24. The number of anilines is 2. The predicted molar refractivity (Wildman–Crippen MR) is 139 cm³/mol. The van der Waals surface area contributed by atoms with Gasteiger partial charge in [0.2, 0.25) is 5.91 Å². The van der Waals surface area contributed by atoms with Crippen LogP contribution in [0.15, 0.2) is 85.5 Å². The van der Waals surface area contributed by atoms with Crippen molar-refractivity contribution in [3.8, 4) is 11.4 Å². The van der Waals surface area contributed by atoms with E-state index in [0.717, 1.165) is 22.8 Å². The first-order valence-corrected chi connectivity index (χ1v) is 11.5. The molecule has 35 heavy (non-hydrogen) atoms. The topological polar surface area (TPSA) is 84.3 Å². The molecule has 0 aliphatic carbocycles. The van der Waals surface area contributed by atoms with Crippen LogP contribution in [0.1, 0.15) is 30.4 Å². The van der Waals surface area contributed by atoms with Crippen LogP contribution >= 0.6 is 12.2 Å². The fraction of sp³-hybridized carbons (Fsp3) is 0.154. The molecule has 1 aromatic carbocycles. The van der Waals surface area contributed by atoms with Crippen molar-refractivity contribution >= 4 is 34.6 Å². The van der Waals surface area contributed by atoms with Crippen molar-refractivity contribution in [2.24, 2.45) is 0 Å². The van der Waals surface area contributed by atoms with Crippen molar-refractivity contribution in [2.75, 3.05) is 17.3 Å². The zero-order valence-corrected chi connectivity index (χ0v) is 20.1. The number of rotatable bonds is 6. The van der Waals surface area contributed by atoms with E-state index in [0.29, 0.717) is 16.5 Å². The largest absolute Gasteiger partial charge is 0.495 e. The molecule has 5 rings (SSSR count). The summed E-state index contributed by atoms with van der Waals surface area (Å²) >= 11 is 5.85. The maximum atomic E-state index is 11.8. The van der Waals surface area contributed by atoms with Gasteiger partial charge in [0.15, 0.2) is 5.11 Å². The number of nitrogens with one attached hydrogen (secondary N) is 2. The first-order chi connectivity index (χ1) is 17.1. The van der Waals surface area contributed by atoms with E-state index in [-0.39, 0.29) is 18.0 Å². The molecule has 1 saturated heterocycles. The number of carbonyl (C=O) groups excluding carboxylic acids is 1. The van der Waals surface area contributed by atoms with Crippen LogP contribution in [0, 0.1) is 0 Å². The van der Waals surface area contributed by atoms with Gasteiger partial charge in [0.25, 0.3) is 0 Å². The third-order valence-electron chi connectivity index (χ3n) is 5.88. The van der Waals surface area contributed by atoms with Crippen molar-refractivity contribution in [1.82, 2.24) is 19.9 Å². The summed E-state index contributed by atoms with van der Waals surface area (Å²) in [5.74, 6) is 0.384. The van der Waals surface area contributed by atoms with Gasteiger partial charge in [-0.25, -0.2) is 0 Å². The van der Waals surface area contributed by atoms with Gasteiger partial charge in [0.05, 0.1) is 36.4 Å². The standard InChI is InChI=1S/C26H24N6O2S/c1-17(33)29-21-15-18(10-11-23(21)34-2)32-25(24(30-26(32)35)20-8-3-4-13-28-20)22-9-6-14-31(22)19-7-5-12-27-16-19/h3-16,24-25H,1-2H3,(H,29,33)(H,30,35)/t24-,25+/m1/s1. The molecule has 1 amide bonds. The lowest BCUT2D eigenvalue weighted by atomic mass is 10.0. The summed E-state index contributed by atoms with van der Waals surface area (Å²) in [5, 5.41) is 6.88. The first-order valence-electron chi connectivity index (χ1n) is 11.1. The molecular formula is C26H24N6O2S. The van der Waals surface area contributed by atoms with Crippen LogP contribution < -0.4 is 20.3 Å². The molecule has 4 aromatic rings. The number of carbonyl (C=O) groups is 1. The number of pyridine rings is 2. The smallest absolute Gasteiger partial charge is 0.221 e. The number of hydrogen-bond donors (Lipinski definition) is 2. The van der Waals surface area contributed by atoms with Crippen LogP contribution in [0.25, 0.3) is 5.69 Å². The van der Waals surface area contributed by atoms with Crippen molar-refractivity contribution in [3.05, 3.63) is 96.8 Å². The summed E-state index contributed by atoms with van der Waals surface area (Å²) < 4.78 is 7.56. The van der Waals surface area contributed by atoms with E-state index in [1.165, 1.54) is 6.92 Å². The zero-order chi connectivity index (χ0) is 24.4. The third kappa shape index (κ3) is 4.33. The summed E-state index contributed by atoms with van der Waals surface area (Å²) in [6.45, 7) is 1.47. The molecule has 0 radical (unpaired) electrons. The molecule has 0 bridgehead atoms. The normalized spacial score (nSPS) is 17.2. The van der Waals surface area contributed by atoms with Crippen LogP contribution in [-0.2, 0) is 4.79 Å².